The summed E-state index contributed by atoms with van der Waals surface area (Å²) in [6.45, 7) is 8.60. The Bertz CT molecular complexity index is 176. The van der Waals surface area contributed by atoms with E-state index in [0.717, 1.165) is 5.92 Å². The van der Waals surface area contributed by atoms with E-state index >= 15 is 0 Å². The van der Waals surface area contributed by atoms with E-state index in [4.69, 9.17) is 5.11 Å². The summed E-state index contributed by atoms with van der Waals surface area (Å²) in [6, 6.07) is 0. The highest BCUT2D eigenvalue weighted by molar-refractivity contribution is 4.65. The van der Waals surface area contributed by atoms with Crippen LogP contribution >= 0.6 is 0 Å². The lowest BCUT2D eigenvalue weighted by Crippen LogP contribution is -2.02. The molecule has 0 bridgehead atoms. The molecule has 0 aliphatic carbocycles. The van der Waals surface area contributed by atoms with Crippen molar-refractivity contribution in [2.45, 2.75) is 78.1 Å². The van der Waals surface area contributed by atoms with Gasteiger partial charge in [-0.3, -0.25) is 0 Å². The summed E-state index contributed by atoms with van der Waals surface area (Å²) in [5.74, 6) is 1.35. The first-order chi connectivity index (χ1) is 8.70. The van der Waals surface area contributed by atoms with Crippen LogP contribution in [0.4, 0.5) is 0 Å². The highest BCUT2D eigenvalue weighted by atomic mass is 16.3. The number of aliphatic hydroxyl groups excluding tert-OH is 1. The zero-order chi connectivity index (χ0) is 13.6. The van der Waals surface area contributed by atoms with Crippen LogP contribution < -0.4 is 0 Å². The maximum Gasteiger partial charge on any atom is 0.0456 e. The van der Waals surface area contributed by atoms with Gasteiger partial charge in [-0.25, -0.2) is 0 Å². The van der Waals surface area contributed by atoms with Crippen LogP contribution in [0.15, 0.2) is 12.7 Å². The number of rotatable bonds is 13. The Morgan fingerprint density at radius 2 is 1.39 bits per heavy atom. The first-order valence-electron chi connectivity index (χ1n) is 7.92. The quantitative estimate of drug-likeness (QED) is 0.347. The van der Waals surface area contributed by atoms with E-state index in [1.165, 1.54) is 64.2 Å². The van der Waals surface area contributed by atoms with Crippen LogP contribution in [-0.4, -0.2) is 11.7 Å². The third-order valence-corrected chi connectivity index (χ3v) is 3.81. The van der Waals surface area contributed by atoms with Crippen molar-refractivity contribution in [2.75, 3.05) is 6.61 Å². The fraction of sp³-hybridized carbons (Fsp3) is 0.882. The van der Waals surface area contributed by atoms with Gasteiger partial charge in [-0.15, -0.1) is 6.58 Å². The van der Waals surface area contributed by atoms with Gasteiger partial charge in [0.05, 0.1) is 0 Å². The summed E-state index contributed by atoms with van der Waals surface area (Å²) in [4.78, 5) is 0. The highest BCUT2D eigenvalue weighted by Crippen LogP contribution is 2.18. The maximum absolute atomic E-state index is 8.96. The Morgan fingerprint density at radius 3 is 2.06 bits per heavy atom. The third-order valence-electron chi connectivity index (χ3n) is 3.81. The molecule has 0 radical (unpaired) electrons. The van der Waals surface area contributed by atoms with Gasteiger partial charge in [0.15, 0.2) is 0 Å². The van der Waals surface area contributed by atoms with E-state index in [9.17, 15) is 0 Å². The topological polar surface area (TPSA) is 20.2 Å². The van der Waals surface area contributed by atoms with E-state index in [2.05, 4.69) is 20.4 Å². The van der Waals surface area contributed by atoms with Crippen LogP contribution in [0.5, 0.6) is 0 Å². The average molecular weight is 254 g/mol. The second-order valence-electron chi connectivity index (χ2n) is 5.96. The van der Waals surface area contributed by atoms with Gasteiger partial charge in [0.25, 0.3) is 0 Å². The van der Waals surface area contributed by atoms with Crippen LogP contribution in [-0.2, 0) is 0 Å². The summed E-state index contributed by atoms with van der Waals surface area (Å²) < 4.78 is 0. The Morgan fingerprint density at radius 1 is 0.833 bits per heavy atom. The van der Waals surface area contributed by atoms with Crippen LogP contribution in [0.25, 0.3) is 0 Å². The molecular weight excluding hydrogens is 220 g/mol. The lowest BCUT2D eigenvalue weighted by atomic mass is 9.94. The molecule has 2 atom stereocenters. The average Bonchev–Trinajstić information content (AvgIpc) is 2.37. The van der Waals surface area contributed by atoms with Gasteiger partial charge < -0.3 is 5.11 Å². The molecule has 0 fully saturated rings. The molecule has 0 unspecified atom stereocenters. The van der Waals surface area contributed by atoms with Crippen molar-refractivity contribution in [3.8, 4) is 0 Å². The van der Waals surface area contributed by atoms with E-state index < -0.39 is 0 Å². The van der Waals surface area contributed by atoms with Crippen LogP contribution in [0.1, 0.15) is 78.1 Å². The van der Waals surface area contributed by atoms with Gasteiger partial charge in [0.2, 0.25) is 0 Å². The molecule has 0 aliphatic heterocycles. The molecule has 1 N–H and O–H groups in total. The molecule has 0 saturated carbocycles. The monoisotopic (exact) mass is 254 g/mol. The molecule has 0 rings (SSSR count). The molecule has 0 spiro atoms. The summed E-state index contributed by atoms with van der Waals surface area (Å²) in [7, 11) is 0. The molecule has 1 nitrogen and oxygen atoms in total. The first kappa shape index (κ1) is 17.7. The molecule has 0 saturated heterocycles. The molecule has 108 valence electrons. The first-order valence-corrected chi connectivity index (χ1v) is 7.92. The number of aliphatic hydroxyl groups is 1. The van der Waals surface area contributed by atoms with Gasteiger partial charge in [0.1, 0.15) is 0 Å². The normalized spacial score (nSPS) is 14.4. The predicted molar refractivity (Wildman–Crippen MR) is 81.8 cm³/mol. The molecule has 0 aromatic carbocycles. The maximum atomic E-state index is 8.96. The minimum absolute atomic E-state index is 0.346. The molecule has 0 aliphatic rings. The summed E-state index contributed by atoms with van der Waals surface area (Å²) >= 11 is 0. The van der Waals surface area contributed by atoms with Gasteiger partial charge in [-0.1, -0.05) is 64.9 Å². The Labute approximate surface area is 115 Å². The second kappa shape index (κ2) is 13.1. The van der Waals surface area contributed by atoms with Crippen molar-refractivity contribution >= 4 is 0 Å². The minimum atomic E-state index is 0.346. The van der Waals surface area contributed by atoms with Crippen molar-refractivity contribution in [3.63, 3.8) is 0 Å². The van der Waals surface area contributed by atoms with Crippen molar-refractivity contribution in [3.05, 3.63) is 12.7 Å². The molecule has 0 aromatic heterocycles. The van der Waals surface area contributed by atoms with Crippen molar-refractivity contribution < 1.29 is 5.11 Å². The van der Waals surface area contributed by atoms with Gasteiger partial charge >= 0.3 is 0 Å². The standard InChI is InChI=1S/C17H34O/c1-4-5-6-7-8-9-10-12-16(2)13-11-14-17(3)15-18/h4,16-18H,1,5-15H2,2-3H3/t16-,17+/m1/s1. The fourth-order valence-corrected chi connectivity index (χ4v) is 2.36. The number of hydrogen-bond donors (Lipinski definition) is 1. The Balaban J connectivity index is 3.21. The van der Waals surface area contributed by atoms with E-state index in [-0.39, 0.29) is 0 Å². The summed E-state index contributed by atoms with van der Waals surface area (Å²) in [5.41, 5.74) is 0. The lowest BCUT2D eigenvalue weighted by Gasteiger charge is -2.12. The lowest BCUT2D eigenvalue weighted by molar-refractivity contribution is 0.225. The van der Waals surface area contributed by atoms with Crippen LogP contribution in [0.2, 0.25) is 0 Å². The van der Waals surface area contributed by atoms with Crippen molar-refractivity contribution in [1.82, 2.24) is 0 Å². The van der Waals surface area contributed by atoms with Gasteiger partial charge in [-0.2, -0.15) is 0 Å². The second-order valence-corrected chi connectivity index (χ2v) is 5.96. The number of allylic oxidation sites excluding steroid dienone is 1. The van der Waals surface area contributed by atoms with Gasteiger partial charge in [0, 0.05) is 6.61 Å². The van der Waals surface area contributed by atoms with Gasteiger partial charge in [-0.05, 0) is 31.1 Å². The number of unbranched alkanes of at least 4 members (excludes halogenated alkanes) is 5. The van der Waals surface area contributed by atoms with Crippen molar-refractivity contribution in [1.29, 1.82) is 0 Å². The molecule has 0 aromatic rings. The van der Waals surface area contributed by atoms with Crippen LogP contribution in [0, 0.1) is 11.8 Å². The largest absolute Gasteiger partial charge is 0.396 e. The third kappa shape index (κ3) is 12.2. The minimum Gasteiger partial charge on any atom is -0.396 e. The Kier molecular flexibility index (Phi) is 12.9. The predicted octanol–water partition coefficient (Wildman–Crippen LogP) is 5.34. The fourth-order valence-electron chi connectivity index (χ4n) is 2.36. The van der Waals surface area contributed by atoms with Crippen molar-refractivity contribution in [2.24, 2.45) is 11.8 Å². The summed E-state index contributed by atoms with van der Waals surface area (Å²) in [5, 5.41) is 8.96. The molecule has 0 heterocycles. The Hall–Kier alpha value is -0.300. The zero-order valence-corrected chi connectivity index (χ0v) is 12.7. The smallest absolute Gasteiger partial charge is 0.0456 e. The highest BCUT2D eigenvalue weighted by Gasteiger charge is 2.04. The SMILES string of the molecule is C=CCCCCCCC[C@@H](C)CCC[C@H](C)CO. The molecule has 18 heavy (non-hydrogen) atoms. The van der Waals surface area contributed by atoms with Crippen LogP contribution in [0.3, 0.4) is 0 Å². The molecule has 0 amide bonds. The zero-order valence-electron chi connectivity index (χ0n) is 12.7. The summed E-state index contributed by atoms with van der Waals surface area (Å²) in [6.07, 6.45) is 15.3. The number of hydrogen-bond acceptors (Lipinski definition) is 1. The molecular formula is C17H34O. The van der Waals surface area contributed by atoms with E-state index in [1.54, 1.807) is 0 Å². The van der Waals surface area contributed by atoms with E-state index in [1.807, 2.05) is 6.08 Å². The van der Waals surface area contributed by atoms with E-state index in [0.29, 0.717) is 12.5 Å². The molecule has 1 heteroatoms.